The minimum atomic E-state index is -4.38. The summed E-state index contributed by atoms with van der Waals surface area (Å²) in [7, 11) is -8.04. The number of nitrogens with one attached hydrogen (secondary N) is 2. The van der Waals surface area contributed by atoms with E-state index >= 15 is 0 Å². The molecule has 2 heterocycles. The van der Waals surface area contributed by atoms with Crippen LogP contribution in [0.1, 0.15) is 44.6 Å². The molecule has 5 rings (SSSR count). The van der Waals surface area contributed by atoms with Crippen molar-refractivity contribution in [1.82, 2.24) is 4.90 Å². The lowest BCUT2D eigenvalue weighted by molar-refractivity contribution is -0.153. The molecule has 1 saturated carbocycles. The molecule has 2 aromatic carbocycles. The van der Waals surface area contributed by atoms with Crippen molar-refractivity contribution in [2.45, 2.75) is 56.4 Å². The lowest BCUT2D eigenvalue weighted by Crippen LogP contribution is -2.62. The van der Waals surface area contributed by atoms with Crippen molar-refractivity contribution in [3.05, 3.63) is 53.8 Å². The number of amidine groups is 1. The van der Waals surface area contributed by atoms with Crippen molar-refractivity contribution in [2.75, 3.05) is 22.8 Å². The third-order valence-electron chi connectivity index (χ3n) is 7.75. The molecule has 1 aliphatic carbocycles. The van der Waals surface area contributed by atoms with Crippen LogP contribution in [-0.4, -0.2) is 58.1 Å². The molecule has 2 fully saturated rings. The molecule has 40 heavy (non-hydrogen) atoms. The fourth-order valence-corrected chi connectivity index (χ4v) is 7.61. The van der Waals surface area contributed by atoms with E-state index in [0.29, 0.717) is 0 Å². The Hall–Kier alpha value is -3.32. The zero-order valence-electron chi connectivity index (χ0n) is 22.2. The van der Waals surface area contributed by atoms with Crippen molar-refractivity contribution in [2.24, 2.45) is 15.7 Å². The molecule has 13 heteroatoms. The van der Waals surface area contributed by atoms with Gasteiger partial charge in [0.15, 0.2) is 11.7 Å². The minimum Gasteiger partial charge on any atom is -0.341 e. The number of halogens is 1. The van der Waals surface area contributed by atoms with Crippen molar-refractivity contribution in [3.63, 3.8) is 0 Å². The summed E-state index contributed by atoms with van der Waals surface area (Å²) in [4.78, 5) is 29.4. The van der Waals surface area contributed by atoms with E-state index in [2.05, 4.69) is 14.4 Å². The quantitative estimate of drug-likeness (QED) is 0.492. The van der Waals surface area contributed by atoms with Gasteiger partial charge in [-0.3, -0.25) is 14.3 Å². The Kier molecular flexibility index (Phi) is 7.24. The smallest absolute Gasteiger partial charge is 0.286 e. The molecular formula is C27H31FN4O6S2. The third kappa shape index (κ3) is 5.62. The SMILES string of the molecule is CC1(Cc2ccc(F)cc2)CN(C2CCCCC2)C(=O)C(C2=NS(=O)(=O)c3cc(NS(C)(=O)=O)ccc3N2)C1=O. The van der Waals surface area contributed by atoms with Crippen LogP contribution in [0.5, 0.6) is 0 Å². The number of benzene rings is 2. The van der Waals surface area contributed by atoms with Crippen molar-refractivity contribution in [3.8, 4) is 0 Å². The lowest BCUT2D eigenvalue weighted by atomic mass is 9.70. The average Bonchev–Trinajstić information content (AvgIpc) is 2.88. The molecular weight excluding hydrogens is 559 g/mol. The van der Waals surface area contributed by atoms with Crippen LogP contribution < -0.4 is 10.0 Å². The maximum absolute atomic E-state index is 14.1. The number of nitrogens with zero attached hydrogens (tertiary/aromatic N) is 2. The molecule has 214 valence electrons. The minimum absolute atomic E-state index is 0.0328. The molecule has 2 N–H and O–H groups in total. The van der Waals surface area contributed by atoms with Gasteiger partial charge >= 0.3 is 0 Å². The Morgan fingerprint density at radius 3 is 2.42 bits per heavy atom. The van der Waals surface area contributed by atoms with E-state index in [9.17, 15) is 30.8 Å². The first-order valence-electron chi connectivity index (χ1n) is 13.1. The molecule has 2 aliphatic heterocycles. The van der Waals surface area contributed by atoms with E-state index in [1.807, 2.05) is 0 Å². The molecule has 0 spiro atoms. The van der Waals surface area contributed by atoms with Gasteiger partial charge < -0.3 is 10.2 Å². The van der Waals surface area contributed by atoms with Gasteiger partial charge in [0, 0.05) is 23.7 Å². The number of hydrogen-bond donors (Lipinski definition) is 2. The van der Waals surface area contributed by atoms with E-state index in [-0.39, 0.29) is 41.1 Å². The van der Waals surface area contributed by atoms with Gasteiger partial charge in [-0.2, -0.15) is 8.42 Å². The monoisotopic (exact) mass is 590 g/mol. The fourth-order valence-electron chi connectivity index (χ4n) is 5.88. The molecule has 0 aromatic heterocycles. The highest BCUT2D eigenvalue weighted by molar-refractivity contribution is 7.92. The summed E-state index contributed by atoms with van der Waals surface area (Å²) in [5.74, 6) is -3.11. The van der Waals surface area contributed by atoms with Gasteiger partial charge in [-0.05, 0) is 55.2 Å². The maximum Gasteiger partial charge on any atom is 0.286 e. The van der Waals surface area contributed by atoms with Crippen LogP contribution in [0.15, 0.2) is 51.8 Å². The van der Waals surface area contributed by atoms with Gasteiger partial charge in [0.2, 0.25) is 15.9 Å². The van der Waals surface area contributed by atoms with Gasteiger partial charge in [-0.1, -0.05) is 38.3 Å². The number of anilines is 2. The van der Waals surface area contributed by atoms with E-state index in [0.717, 1.165) is 50.0 Å². The van der Waals surface area contributed by atoms with Gasteiger partial charge in [-0.15, -0.1) is 4.40 Å². The van der Waals surface area contributed by atoms with Crippen LogP contribution in [-0.2, 0) is 36.1 Å². The first-order valence-corrected chi connectivity index (χ1v) is 16.4. The number of piperidine rings is 1. The predicted octanol–water partition coefficient (Wildman–Crippen LogP) is 3.32. The number of amides is 1. The summed E-state index contributed by atoms with van der Waals surface area (Å²) in [5, 5.41) is 2.88. The zero-order valence-corrected chi connectivity index (χ0v) is 23.8. The Labute approximate surface area is 233 Å². The van der Waals surface area contributed by atoms with Crippen LogP contribution in [0.25, 0.3) is 0 Å². The standard InChI is InChI=1S/C27H31FN4O6S2/c1-27(15-17-8-10-18(28)11-9-17)16-32(20-6-4-3-5-7-20)26(34)23(24(27)33)25-29-21-13-12-19(30-39(2,35)36)14-22(21)40(37,38)31-25/h8-14,20,23,30H,3-7,15-16H2,1-2H3,(H,29,31). The zero-order chi connectivity index (χ0) is 28.9. The molecule has 1 saturated heterocycles. The van der Waals surface area contributed by atoms with E-state index in [4.69, 9.17) is 0 Å². The number of likely N-dealkylation sites (tertiary alicyclic amines) is 1. The Bertz CT molecular complexity index is 1600. The topological polar surface area (TPSA) is 142 Å². The number of sulfonamides is 2. The Morgan fingerprint density at radius 1 is 1.10 bits per heavy atom. The number of ketones is 1. The molecule has 10 nitrogen and oxygen atoms in total. The van der Waals surface area contributed by atoms with Crippen molar-refractivity contribution in [1.29, 1.82) is 0 Å². The third-order valence-corrected chi connectivity index (χ3v) is 9.68. The Morgan fingerprint density at radius 2 is 1.77 bits per heavy atom. The Balaban J connectivity index is 1.54. The summed E-state index contributed by atoms with van der Waals surface area (Å²) in [5.41, 5.74) is -0.243. The lowest BCUT2D eigenvalue weighted by Gasteiger charge is -2.47. The van der Waals surface area contributed by atoms with Gasteiger partial charge in [0.25, 0.3) is 10.0 Å². The summed E-state index contributed by atoms with van der Waals surface area (Å²) in [6, 6.07) is 9.63. The number of carbonyl (C=O) groups is 2. The van der Waals surface area contributed by atoms with Crippen molar-refractivity contribution >= 4 is 48.9 Å². The second-order valence-electron chi connectivity index (χ2n) is 11.1. The summed E-state index contributed by atoms with van der Waals surface area (Å²) >= 11 is 0. The summed E-state index contributed by atoms with van der Waals surface area (Å²) < 4.78 is 69.4. The molecule has 0 radical (unpaired) electrons. The average molecular weight is 591 g/mol. The van der Waals surface area contributed by atoms with Crippen molar-refractivity contribution < 1.29 is 30.8 Å². The summed E-state index contributed by atoms with van der Waals surface area (Å²) in [6.07, 6.45) is 5.71. The highest BCUT2D eigenvalue weighted by Crippen LogP contribution is 2.40. The second kappa shape index (κ2) is 10.3. The van der Waals surface area contributed by atoms with Crippen LogP contribution in [0.3, 0.4) is 0 Å². The predicted molar refractivity (Wildman–Crippen MR) is 148 cm³/mol. The van der Waals surface area contributed by atoms with Crippen LogP contribution >= 0.6 is 0 Å². The van der Waals surface area contributed by atoms with Crippen LogP contribution in [0.2, 0.25) is 0 Å². The highest BCUT2D eigenvalue weighted by Gasteiger charge is 2.53. The van der Waals surface area contributed by atoms with E-state index < -0.39 is 48.9 Å². The first kappa shape index (κ1) is 28.2. The largest absolute Gasteiger partial charge is 0.341 e. The maximum atomic E-state index is 14.1. The number of hydrogen-bond acceptors (Lipinski definition) is 7. The molecule has 1 amide bonds. The number of carbonyl (C=O) groups excluding carboxylic acids is 2. The molecule has 2 atom stereocenters. The van der Waals surface area contributed by atoms with E-state index in [1.165, 1.54) is 24.3 Å². The van der Waals surface area contributed by atoms with Gasteiger partial charge in [0.1, 0.15) is 16.5 Å². The van der Waals surface area contributed by atoms with Gasteiger partial charge in [-0.25, -0.2) is 12.8 Å². The fraction of sp³-hybridized carbons (Fsp3) is 0.444. The summed E-state index contributed by atoms with van der Waals surface area (Å²) in [6.45, 7) is 1.92. The number of rotatable bonds is 6. The van der Waals surface area contributed by atoms with Crippen LogP contribution in [0.4, 0.5) is 15.8 Å². The highest BCUT2D eigenvalue weighted by atomic mass is 32.2. The second-order valence-corrected chi connectivity index (χ2v) is 14.4. The normalized spacial score (nSPS) is 25.1. The number of fused-ring (bicyclic) bond motifs is 1. The first-order chi connectivity index (χ1) is 18.8. The molecule has 2 aromatic rings. The molecule has 2 unspecified atom stereocenters. The van der Waals surface area contributed by atoms with Gasteiger partial charge in [0.05, 0.1) is 11.9 Å². The van der Waals surface area contributed by atoms with Crippen LogP contribution in [0, 0.1) is 17.2 Å². The van der Waals surface area contributed by atoms with E-state index in [1.54, 1.807) is 24.0 Å². The molecule has 0 bridgehead atoms. The molecule has 3 aliphatic rings. The number of Topliss-reactive ketones (excluding diaryl/α,β-unsaturated/α-hetero) is 1.